The predicted molar refractivity (Wildman–Crippen MR) is 107 cm³/mol. The first-order valence-corrected chi connectivity index (χ1v) is 9.83. The molecule has 4 heterocycles. The van der Waals surface area contributed by atoms with Gasteiger partial charge in [-0.1, -0.05) is 0 Å². The van der Waals surface area contributed by atoms with Crippen LogP contribution in [0.5, 0.6) is 11.5 Å². The van der Waals surface area contributed by atoms with Crippen LogP contribution >= 0.6 is 11.3 Å². The summed E-state index contributed by atoms with van der Waals surface area (Å²) >= 11 is 1.67. The Morgan fingerprint density at radius 2 is 2.18 bits per heavy atom. The maximum absolute atomic E-state index is 12.8. The van der Waals surface area contributed by atoms with Crippen molar-refractivity contribution in [2.45, 2.75) is 6.92 Å². The highest BCUT2D eigenvalue weighted by Gasteiger charge is 2.32. The minimum atomic E-state index is -0.0690. The van der Waals surface area contributed by atoms with Crippen LogP contribution in [-0.2, 0) is 0 Å². The molecule has 28 heavy (non-hydrogen) atoms. The summed E-state index contributed by atoms with van der Waals surface area (Å²) in [5.74, 6) is 1.27. The topological polar surface area (TPSA) is 70.6 Å². The van der Waals surface area contributed by atoms with Gasteiger partial charge >= 0.3 is 0 Å². The third kappa shape index (κ3) is 2.62. The molecule has 0 bridgehead atoms. The third-order valence-corrected chi connectivity index (χ3v) is 6.01. The number of amides is 1. The van der Waals surface area contributed by atoms with Crippen molar-refractivity contribution < 1.29 is 9.53 Å². The Morgan fingerprint density at radius 1 is 1.32 bits per heavy atom. The SMILES string of the molecule is Cc1c(C(=O)N2CC(C#N)C2)cn2nccc(Oc3ccc4ccsc4c3)c12. The highest BCUT2D eigenvalue weighted by atomic mass is 32.1. The number of aryl methyl sites for hydroxylation is 1. The molecule has 1 aromatic carbocycles. The van der Waals surface area contributed by atoms with Crippen molar-refractivity contribution in [1.82, 2.24) is 14.5 Å². The summed E-state index contributed by atoms with van der Waals surface area (Å²) in [5.41, 5.74) is 2.19. The van der Waals surface area contributed by atoms with Crippen molar-refractivity contribution >= 4 is 32.8 Å². The van der Waals surface area contributed by atoms with E-state index in [2.05, 4.69) is 22.6 Å². The van der Waals surface area contributed by atoms with Crippen LogP contribution in [0, 0.1) is 24.2 Å². The minimum Gasteiger partial charge on any atom is -0.455 e. The first-order valence-electron chi connectivity index (χ1n) is 8.95. The largest absolute Gasteiger partial charge is 0.455 e. The number of nitriles is 1. The molecule has 1 saturated heterocycles. The average Bonchev–Trinajstić information content (AvgIpc) is 3.25. The molecule has 1 aliphatic heterocycles. The Hall–Kier alpha value is -3.37. The fourth-order valence-corrected chi connectivity index (χ4v) is 4.36. The van der Waals surface area contributed by atoms with Crippen molar-refractivity contribution in [2.75, 3.05) is 13.1 Å². The summed E-state index contributed by atoms with van der Waals surface area (Å²) in [6.45, 7) is 2.87. The van der Waals surface area contributed by atoms with Gasteiger partial charge in [0, 0.05) is 30.1 Å². The Labute approximate surface area is 165 Å². The van der Waals surface area contributed by atoms with Crippen LogP contribution in [0.15, 0.2) is 48.1 Å². The number of nitrogens with zero attached hydrogens (tertiary/aromatic N) is 4. The lowest BCUT2D eigenvalue weighted by Gasteiger charge is -2.35. The van der Waals surface area contributed by atoms with E-state index in [1.54, 1.807) is 33.1 Å². The number of fused-ring (bicyclic) bond motifs is 2. The first kappa shape index (κ1) is 16.8. The number of hydrogen-bond donors (Lipinski definition) is 0. The number of rotatable bonds is 3. The molecule has 0 aliphatic carbocycles. The monoisotopic (exact) mass is 388 g/mol. The van der Waals surface area contributed by atoms with Gasteiger partial charge in [-0.05, 0) is 47.5 Å². The van der Waals surface area contributed by atoms with E-state index in [9.17, 15) is 4.79 Å². The van der Waals surface area contributed by atoms with Gasteiger partial charge in [-0.15, -0.1) is 11.3 Å². The van der Waals surface area contributed by atoms with Crippen LogP contribution in [-0.4, -0.2) is 33.5 Å². The van der Waals surface area contributed by atoms with E-state index in [1.807, 2.05) is 31.2 Å². The van der Waals surface area contributed by atoms with Gasteiger partial charge in [-0.2, -0.15) is 10.4 Å². The second-order valence-corrected chi connectivity index (χ2v) is 7.86. The van der Waals surface area contributed by atoms with E-state index in [1.165, 1.54) is 5.39 Å². The zero-order valence-electron chi connectivity index (χ0n) is 15.1. The maximum atomic E-state index is 12.8. The Balaban J connectivity index is 1.50. The normalized spacial score (nSPS) is 14.2. The zero-order valence-corrected chi connectivity index (χ0v) is 15.9. The van der Waals surface area contributed by atoms with E-state index in [-0.39, 0.29) is 11.8 Å². The summed E-state index contributed by atoms with van der Waals surface area (Å²) in [7, 11) is 0. The van der Waals surface area contributed by atoms with E-state index in [0.717, 1.165) is 21.5 Å². The summed E-state index contributed by atoms with van der Waals surface area (Å²) in [4.78, 5) is 14.5. The van der Waals surface area contributed by atoms with Crippen LogP contribution in [0.25, 0.3) is 15.6 Å². The van der Waals surface area contributed by atoms with Crippen molar-refractivity contribution in [3.8, 4) is 17.6 Å². The number of aromatic nitrogens is 2. The molecule has 0 radical (unpaired) electrons. The second-order valence-electron chi connectivity index (χ2n) is 6.91. The number of ether oxygens (including phenoxy) is 1. The second kappa shape index (κ2) is 6.36. The molecule has 0 unspecified atom stereocenters. The number of thiophene rings is 1. The van der Waals surface area contributed by atoms with Gasteiger partial charge in [0.15, 0.2) is 5.75 Å². The van der Waals surface area contributed by atoms with Gasteiger partial charge in [0.2, 0.25) is 0 Å². The van der Waals surface area contributed by atoms with E-state index in [4.69, 9.17) is 10.00 Å². The molecule has 0 atom stereocenters. The molecule has 4 aromatic rings. The minimum absolute atomic E-state index is 0.0644. The van der Waals surface area contributed by atoms with Crippen LogP contribution < -0.4 is 4.74 Å². The number of benzene rings is 1. The predicted octanol–water partition coefficient (Wildman–Crippen LogP) is 4.25. The molecule has 0 spiro atoms. The molecule has 3 aromatic heterocycles. The molecule has 7 heteroatoms. The Kier molecular flexibility index (Phi) is 3.81. The molecule has 0 saturated carbocycles. The quantitative estimate of drug-likeness (QED) is 0.526. The summed E-state index contributed by atoms with van der Waals surface area (Å²) in [5, 5.41) is 16.5. The van der Waals surface area contributed by atoms with Gasteiger partial charge in [-0.3, -0.25) is 4.79 Å². The first-order chi connectivity index (χ1) is 13.6. The van der Waals surface area contributed by atoms with Crippen molar-refractivity contribution in [1.29, 1.82) is 5.26 Å². The molecular formula is C21H16N4O2S. The third-order valence-electron chi connectivity index (χ3n) is 5.13. The van der Waals surface area contributed by atoms with Gasteiger partial charge in [0.05, 0.1) is 23.7 Å². The molecule has 6 nitrogen and oxygen atoms in total. The standard InChI is InChI=1S/C21H16N4O2S/c1-13-17(21(26)24-10-14(9-22)11-24)12-25-20(13)18(4-6-23-25)27-16-3-2-15-5-7-28-19(15)8-16/h2-8,12,14H,10-11H2,1H3. The highest BCUT2D eigenvalue weighted by Crippen LogP contribution is 2.33. The fourth-order valence-electron chi connectivity index (χ4n) is 3.54. The zero-order chi connectivity index (χ0) is 19.3. The van der Waals surface area contributed by atoms with E-state index < -0.39 is 0 Å². The lowest BCUT2D eigenvalue weighted by Crippen LogP contribution is -2.49. The number of likely N-dealkylation sites (tertiary alicyclic amines) is 1. The van der Waals surface area contributed by atoms with Crippen LogP contribution in [0.3, 0.4) is 0 Å². The smallest absolute Gasteiger partial charge is 0.255 e. The molecule has 1 aliphatic rings. The van der Waals surface area contributed by atoms with Crippen molar-refractivity contribution in [3.05, 3.63) is 59.2 Å². The van der Waals surface area contributed by atoms with E-state index in [0.29, 0.717) is 24.4 Å². The summed E-state index contributed by atoms with van der Waals surface area (Å²) in [6, 6.07) is 12.1. The molecule has 1 fully saturated rings. The molecule has 5 rings (SSSR count). The van der Waals surface area contributed by atoms with Crippen LogP contribution in [0.1, 0.15) is 15.9 Å². The molecule has 0 N–H and O–H groups in total. The van der Waals surface area contributed by atoms with Gasteiger partial charge in [0.1, 0.15) is 11.3 Å². The summed E-state index contributed by atoms with van der Waals surface area (Å²) in [6.07, 6.45) is 3.40. The van der Waals surface area contributed by atoms with Gasteiger partial charge < -0.3 is 9.64 Å². The Morgan fingerprint density at radius 3 is 3.00 bits per heavy atom. The lowest BCUT2D eigenvalue weighted by atomic mass is 10.0. The Bertz CT molecular complexity index is 1260. The maximum Gasteiger partial charge on any atom is 0.255 e. The van der Waals surface area contributed by atoms with Crippen LogP contribution in [0.4, 0.5) is 0 Å². The average molecular weight is 388 g/mol. The van der Waals surface area contributed by atoms with Crippen molar-refractivity contribution in [2.24, 2.45) is 5.92 Å². The summed E-state index contributed by atoms with van der Waals surface area (Å²) < 4.78 is 9.00. The van der Waals surface area contributed by atoms with Gasteiger partial charge in [-0.25, -0.2) is 4.52 Å². The van der Waals surface area contributed by atoms with Crippen molar-refractivity contribution in [3.63, 3.8) is 0 Å². The fraction of sp³-hybridized carbons (Fsp3) is 0.190. The molecular weight excluding hydrogens is 372 g/mol. The number of carbonyl (C=O) groups excluding carboxylic acids is 1. The molecule has 1 amide bonds. The van der Waals surface area contributed by atoms with Gasteiger partial charge in [0.25, 0.3) is 5.91 Å². The number of hydrogen-bond acceptors (Lipinski definition) is 5. The lowest BCUT2D eigenvalue weighted by molar-refractivity contribution is 0.0576. The van der Waals surface area contributed by atoms with E-state index >= 15 is 0 Å². The van der Waals surface area contributed by atoms with Crippen LogP contribution in [0.2, 0.25) is 0 Å². The highest BCUT2D eigenvalue weighted by molar-refractivity contribution is 7.17. The molecule has 138 valence electrons. The number of carbonyl (C=O) groups is 1.